The molecule has 5 heteroatoms. The predicted molar refractivity (Wildman–Crippen MR) is 69.0 cm³/mol. The second-order valence-electron chi connectivity index (χ2n) is 4.34. The van der Waals surface area contributed by atoms with Crippen molar-refractivity contribution in [3.8, 4) is 5.75 Å². The Morgan fingerprint density at radius 3 is 2.67 bits per heavy atom. The van der Waals surface area contributed by atoms with E-state index >= 15 is 0 Å². The Morgan fingerprint density at radius 2 is 2.17 bits per heavy atom. The van der Waals surface area contributed by atoms with Gasteiger partial charge in [-0.15, -0.1) is 0 Å². The van der Waals surface area contributed by atoms with Crippen LogP contribution in [0.15, 0.2) is 18.2 Å². The molecule has 0 saturated carbocycles. The molecule has 1 aromatic rings. The SMILES string of the molecule is CCOc1ccc(NC(=O)[C@@H](N)C(C)C)cc1F. The zero-order valence-corrected chi connectivity index (χ0v) is 10.9. The lowest BCUT2D eigenvalue weighted by Crippen LogP contribution is -2.39. The number of hydrogen-bond donors (Lipinski definition) is 2. The Morgan fingerprint density at radius 1 is 1.50 bits per heavy atom. The third-order valence-corrected chi connectivity index (χ3v) is 2.52. The number of amides is 1. The lowest BCUT2D eigenvalue weighted by molar-refractivity contribution is -0.118. The van der Waals surface area contributed by atoms with Crippen LogP contribution in [0.3, 0.4) is 0 Å². The van der Waals surface area contributed by atoms with Crippen molar-refractivity contribution < 1.29 is 13.9 Å². The van der Waals surface area contributed by atoms with Gasteiger partial charge in [0.1, 0.15) is 0 Å². The van der Waals surface area contributed by atoms with Crippen molar-refractivity contribution in [2.75, 3.05) is 11.9 Å². The Labute approximate surface area is 106 Å². The molecule has 0 heterocycles. The van der Waals surface area contributed by atoms with E-state index in [1.54, 1.807) is 13.0 Å². The number of nitrogens with two attached hydrogens (primary N) is 1. The molecule has 1 aromatic carbocycles. The number of hydrogen-bond acceptors (Lipinski definition) is 3. The average Bonchev–Trinajstić information content (AvgIpc) is 2.31. The van der Waals surface area contributed by atoms with E-state index in [1.807, 2.05) is 13.8 Å². The number of ether oxygens (including phenoxy) is 1. The number of rotatable bonds is 5. The molecule has 0 fully saturated rings. The van der Waals surface area contributed by atoms with Gasteiger partial charge in [-0.2, -0.15) is 0 Å². The van der Waals surface area contributed by atoms with Crippen LogP contribution in [0.5, 0.6) is 5.75 Å². The van der Waals surface area contributed by atoms with E-state index in [-0.39, 0.29) is 17.6 Å². The van der Waals surface area contributed by atoms with E-state index in [0.29, 0.717) is 12.3 Å². The lowest BCUT2D eigenvalue weighted by Gasteiger charge is -2.15. The van der Waals surface area contributed by atoms with Crippen LogP contribution in [0.4, 0.5) is 10.1 Å². The van der Waals surface area contributed by atoms with Crippen molar-refractivity contribution >= 4 is 11.6 Å². The van der Waals surface area contributed by atoms with Gasteiger partial charge in [0.25, 0.3) is 0 Å². The van der Waals surface area contributed by atoms with Gasteiger partial charge in [-0.1, -0.05) is 13.8 Å². The highest BCUT2D eigenvalue weighted by Crippen LogP contribution is 2.21. The fourth-order valence-corrected chi connectivity index (χ4v) is 1.38. The Kier molecular flexibility index (Phi) is 5.09. The van der Waals surface area contributed by atoms with E-state index in [4.69, 9.17) is 10.5 Å². The van der Waals surface area contributed by atoms with Gasteiger partial charge in [-0.05, 0) is 25.0 Å². The largest absolute Gasteiger partial charge is 0.491 e. The summed E-state index contributed by atoms with van der Waals surface area (Å²) in [7, 11) is 0. The van der Waals surface area contributed by atoms with E-state index in [0.717, 1.165) is 0 Å². The summed E-state index contributed by atoms with van der Waals surface area (Å²) in [5.41, 5.74) is 6.07. The zero-order valence-electron chi connectivity index (χ0n) is 10.9. The van der Waals surface area contributed by atoms with Gasteiger partial charge in [0.15, 0.2) is 11.6 Å². The number of carbonyl (C=O) groups excluding carboxylic acids is 1. The first-order chi connectivity index (χ1) is 8.45. The van der Waals surface area contributed by atoms with E-state index in [2.05, 4.69) is 5.32 Å². The lowest BCUT2D eigenvalue weighted by atomic mass is 10.0. The van der Waals surface area contributed by atoms with Gasteiger partial charge in [0, 0.05) is 11.8 Å². The minimum atomic E-state index is -0.611. The van der Waals surface area contributed by atoms with Crippen LogP contribution in [0.2, 0.25) is 0 Å². The summed E-state index contributed by atoms with van der Waals surface area (Å²) >= 11 is 0. The molecule has 0 saturated heterocycles. The van der Waals surface area contributed by atoms with E-state index in [1.165, 1.54) is 12.1 Å². The third-order valence-electron chi connectivity index (χ3n) is 2.52. The molecule has 100 valence electrons. The van der Waals surface area contributed by atoms with Gasteiger partial charge >= 0.3 is 0 Å². The van der Waals surface area contributed by atoms with Crippen LogP contribution < -0.4 is 15.8 Å². The Bertz CT molecular complexity index is 421. The summed E-state index contributed by atoms with van der Waals surface area (Å²) in [6, 6.07) is 3.67. The summed E-state index contributed by atoms with van der Waals surface area (Å²) in [5.74, 6) is -0.637. The molecule has 1 amide bonds. The summed E-state index contributed by atoms with van der Waals surface area (Å²) in [6.45, 7) is 5.86. The molecule has 1 rings (SSSR count). The van der Waals surface area contributed by atoms with Crippen molar-refractivity contribution in [3.63, 3.8) is 0 Å². The first kappa shape index (κ1) is 14.4. The second-order valence-corrected chi connectivity index (χ2v) is 4.34. The molecule has 3 N–H and O–H groups in total. The quantitative estimate of drug-likeness (QED) is 0.846. The van der Waals surface area contributed by atoms with Gasteiger partial charge in [-0.3, -0.25) is 4.79 Å². The monoisotopic (exact) mass is 254 g/mol. The first-order valence-corrected chi connectivity index (χ1v) is 5.94. The Hall–Kier alpha value is -1.62. The Balaban J connectivity index is 2.74. The molecule has 0 radical (unpaired) electrons. The van der Waals surface area contributed by atoms with E-state index in [9.17, 15) is 9.18 Å². The standard InChI is InChI=1S/C13H19FN2O2/c1-4-18-11-6-5-9(7-10(11)14)16-13(17)12(15)8(2)3/h5-8,12H,4,15H2,1-3H3,(H,16,17)/t12-/m0/s1. The van der Waals surface area contributed by atoms with Gasteiger partial charge < -0.3 is 15.8 Å². The number of anilines is 1. The molecule has 0 bridgehead atoms. The zero-order chi connectivity index (χ0) is 13.7. The minimum Gasteiger partial charge on any atom is -0.491 e. The molecule has 1 atom stereocenters. The maximum Gasteiger partial charge on any atom is 0.241 e. The number of halogens is 1. The molecule has 4 nitrogen and oxygen atoms in total. The van der Waals surface area contributed by atoms with Gasteiger partial charge in [-0.25, -0.2) is 4.39 Å². The molecule has 18 heavy (non-hydrogen) atoms. The molecule has 0 unspecified atom stereocenters. The van der Waals surface area contributed by atoms with Crippen LogP contribution in [0.1, 0.15) is 20.8 Å². The van der Waals surface area contributed by atoms with Crippen molar-refractivity contribution in [2.45, 2.75) is 26.8 Å². The highest BCUT2D eigenvalue weighted by atomic mass is 19.1. The first-order valence-electron chi connectivity index (χ1n) is 5.94. The highest BCUT2D eigenvalue weighted by molar-refractivity contribution is 5.94. The average molecular weight is 254 g/mol. The second kappa shape index (κ2) is 6.35. The molecular formula is C13H19FN2O2. The summed E-state index contributed by atoms with van der Waals surface area (Å²) in [5, 5.41) is 2.57. The minimum absolute atomic E-state index is 0.0255. The van der Waals surface area contributed by atoms with Crippen LogP contribution in [-0.4, -0.2) is 18.6 Å². The van der Waals surface area contributed by atoms with Crippen molar-refractivity contribution in [1.29, 1.82) is 0 Å². The molecule has 0 aromatic heterocycles. The fraction of sp³-hybridized carbons (Fsp3) is 0.462. The summed E-state index contributed by atoms with van der Waals surface area (Å²) in [4.78, 5) is 11.7. The molecular weight excluding hydrogens is 235 g/mol. The van der Waals surface area contributed by atoms with E-state index < -0.39 is 11.9 Å². The smallest absolute Gasteiger partial charge is 0.241 e. The predicted octanol–water partition coefficient (Wildman–Crippen LogP) is 2.15. The maximum absolute atomic E-state index is 13.5. The third kappa shape index (κ3) is 3.70. The molecule has 0 aliphatic carbocycles. The van der Waals surface area contributed by atoms with Crippen molar-refractivity contribution in [1.82, 2.24) is 0 Å². The summed E-state index contributed by atoms with van der Waals surface area (Å²) < 4.78 is 18.6. The van der Waals surface area contributed by atoms with Crippen LogP contribution in [0, 0.1) is 11.7 Å². The van der Waals surface area contributed by atoms with Crippen LogP contribution in [0.25, 0.3) is 0 Å². The molecule has 0 aliphatic heterocycles. The topological polar surface area (TPSA) is 64.3 Å². The van der Waals surface area contributed by atoms with Crippen LogP contribution >= 0.6 is 0 Å². The highest BCUT2D eigenvalue weighted by Gasteiger charge is 2.17. The number of benzene rings is 1. The number of carbonyl (C=O) groups is 1. The van der Waals surface area contributed by atoms with Gasteiger partial charge in [0.2, 0.25) is 5.91 Å². The van der Waals surface area contributed by atoms with Gasteiger partial charge in [0.05, 0.1) is 12.6 Å². The van der Waals surface area contributed by atoms with Crippen molar-refractivity contribution in [3.05, 3.63) is 24.0 Å². The van der Waals surface area contributed by atoms with Crippen LogP contribution in [-0.2, 0) is 4.79 Å². The van der Waals surface area contributed by atoms with Crippen molar-refractivity contribution in [2.24, 2.45) is 11.7 Å². The number of nitrogens with one attached hydrogen (secondary N) is 1. The summed E-state index contributed by atoms with van der Waals surface area (Å²) in [6.07, 6.45) is 0. The maximum atomic E-state index is 13.5. The normalized spacial score (nSPS) is 12.3. The molecule has 0 aliphatic rings. The fourth-order valence-electron chi connectivity index (χ4n) is 1.38. The molecule has 0 spiro atoms.